The van der Waals surface area contributed by atoms with Gasteiger partial charge in [-0.25, -0.2) is 0 Å². The van der Waals surface area contributed by atoms with Crippen LogP contribution in [0.15, 0.2) is 42.5 Å². The zero-order chi connectivity index (χ0) is 15.9. The molecule has 4 nitrogen and oxygen atoms in total. The number of nitrogen functional groups attached to an aromatic ring is 1. The number of nitrogens with two attached hydrogens (primary N) is 1. The van der Waals surface area contributed by atoms with Crippen LogP contribution in [0.2, 0.25) is 5.02 Å². The summed E-state index contributed by atoms with van der Waals surface area (Å²) in [5, 5.41) is 3.53. The molecule has 3 N–H and O–H groups in total. The third-order valence-electron chi connectivity index (χ3n) is 3.19. The number of amides is 1. The van der Waals surface area contributed by atoms with Gasteiger partial charge in [0.2, 0.25) is 5.91 Å². The van der Waals surface area contributed by atoms with Gasteiger partial charge in [0.15, 0.2) is 0 Å². The van der Waals surface area contributed by atoms with E-state index in [9.17, 15) is 4.79 Å². The van der Waals surface area contributed by atoms with Crippen LogP contribution in [0.1, 0.15) is 18.4 Å². The minimum atomic E-state index is -0.0462. The van der Waals surface area contributed by atoms with Gasteiger partial charge in [-0.3, -0.25) is 4.79 Å². The SMILES string of the molecule is Cc1cc(Cl)ccc1NC(=O)CCCOc1ccccc1N. The topological polar surface area (TPSA) is 64.3 Å². The first-order valence-electron chi connectivity index (χ1n) is 7.09. The molecular weight excluding hydrogens is 300 g/mol. The molecule has 116 valence electrons. The van der Waals surface area contributed by atoms with Gasteiger partial charge in [0.1, 0.15) is 5.75 Å². The molecule has 0 radical (unpaired) electrons. The zero-order valence-electron chi connectivity index (χ0n) is 12.4. The van der Waals surface area contributed by atoms with Gasteiger partial charge in [0.25, 0.3) is 0 Å². The van der Waals surface area contributed by atoms with Crippen molar-refractivity contribution in [1.29, 1.82) is 0 Å². The Balaban J connectivity index is 1.75. The van der Waals surface area contributed by atoms with Crippen molar-refractivity contribution >= 4 is 28.9 Å². The summed E-state index contributed by atoms with van der Waals surface area (Å²) >= 11 is 5.89. The van der Waals surface area contributed by atoms with Gasteiger partial charge in [-0.1, -0.05) is 23.7 Å². The normalized spacial score (nSPS) is 10.3. The lowest BCUT2D eigenvalue weighted by molar-refractivity contribution is -0.116. The van der Waals surface area contributed by atoms with Crippen LogP contribution in [-0.2, 0) is 4.79 Å². The maximum atomic E-state index is 11.9. The average Bonchev–Trinajstić information content (AvgIpc) is 2.48. The predicted molar refractivity (Wildman–Crippen MR) is 90.4 cm³/mol. The summed E-state index contributed by atoms with van der Waals surface area (Å²) in [6, 6.07) is 12.7. The van der Waals surface area contributed by atoms with Gasteiger partial charge in [-0.15, -0.1) is 0 Å². The van der Waals surface area contributed by atoms with Crippen molar-refractivity contribution in [2.45, 2.75) is 19.8 Å². The molecule has 0 bridgehead atoms. The van der Waals surface area contributed by atoms with E-state index in [-0.39, 0.29) is 5.91 Å². The number of ether oxygens (including phenoxy) is 1. The van der Waals surface area contributed by atoms with Crippen molar-refractivity contribution in [3.8, 4) is 5.75 Å². The van der Waals surface area contributed by atoms with Crippen molar-refractivity contribution in [3.05, 3.63) is 53.1 Å². The zero-order valence-corrected chi connectivity index (χ0v) is 13.2. The maximum Gasteiger partial charge on any atom is 0.224 e. The van der Waals surface area contributed by atoms with Gasteiger partial charge < -0.3 is 15.8 Å². The van der Waals surface area contributed by atoms with E-state index in [1.807, 2.05) is 31.2 Å². The second-order valence-electron chi connectivity index (χ2n) is 5.00. The molecule has 0 atom stereocenters. The van der Waals surface area contributed by atoms with E-state index in [1.165, 1.54) is 0 Å². The lowest BCUT2D eigenvalue weighted by atomic mass is 10.2. The standard InChI is InChI=1S/C17H19ClN2O2/c1-12-11-13(18)8-9-15(12)20-17(21)7-4-10-22-16-6-3-2-5-14(16)19/h2-3,5-6,8-9,11H,4,7,10,19H2,1H3,(H,20,21). The van der Waals surface area contributed by atoms with E-state index in [0.29, 0.717) is 35.9 Å². The van der Waals surface area contributed by atoms with Crippen LogP contribution >= 0.6 is 11.6 Å². The van der Waals surface area contributed by atoms with Crippen LogP contribution in [0.3, 0.4) is 0 Å². The van der Waals surface area contributed by atoms with Gasteiger partial charge in [-0.2, -0.15) is 0 Å². The summed E-state index contributed by atoms with van der Waals surface area (Å²) in [5.41, 5.74) is 8.10. The molecule has 0 fully saturated rings. The van der Waals surface area contributed by atoms with Crippen molar-refractivity contribution in [1.82, 2.24) is 0 Å². The summed E-state index contributed by atoms with van der Waals surface area (Å²) in [6.45, 7) is 2.35. The number of benzene rings is 2. The maximum absolute atomic E-state index is 11.9. The highest BCUT2D eigenvalue weighted by molar-refractivity contribution is 6.30. The highest BCUT2D eigenvalue weighted by Gasteiger charge is 2.06. The molecular formula is C17H19ClN2O2. The lowest BCUT2D eigenvalue weighted by Gasteiger charge is -2.10. The Labute approximate surface area is 135 Å². The number of nitrogens with one attached hydrogen (secondary N) is 1. The van der Waals surface area contributed by atoms with Crippen LogP contribution in [-0.4, -0.2) is 12.5 Å². The van der Waals surface area contributed by atoms with Gasteiger partial charge >= 0.3 is 0 Å². The van der Waals surface area contributed by atoms with E-state index in [1.54, 1.807) is 18.2 Å². The first-order valence-corrected chi connectivity index (χ1v) is 7.47. The third-order valence-corrected chi connectivity index (χ3v) is 3.42. The predicted octanol–water partition coefficient (Wildman–Crippen LogP) is 4.03. The monoisotopic (exact) mass is 318 g/mol. The molecule has 0 heterocycles. The van der Waals surface area contributed by atoms with Gasteiger partial charge in [0, 0.05) is 17.1 Å². The fourth-order valence-electron chi connectivity index (χ4n) is 2.01. The summed E-state index contributed by atoms with van der Waals surface area (Å²) < 4.78 is 5.55. The summed E-state index contributed by atoms with van der Waals surface area (Å²) in [6.07, 6.45) is 1.00. The first-order chi connectivity index (χ1) is 10.6. The van der Waals surface area contributed by atoms with E-state index in [0.717, 1.165) is 11.3 Å². The fourth-order valence-corrected chi connectivity index (χ4v) is 2.23. The van der Waals surface area contributed by atoms with Crippen LogP contribution in [0.25, 0.3) is 0 Å². The Hall–Kier alpha value is -2.20. The quantitative estimate of drug-likeness (QED) is 0.624. The second-order valence-corrected chi connectivity index (χ2v) is 5.43. The Bertz CT molecular complexity index is 659. The molecule has 22 heavy (non-hydrogen) atoms. The van der Waals surface area contributed by atoms with E-state index >= 15 is 0 Å². The summed E-state index contributed by atoms with van der Waals surface area (Å²) in [5.74, 6) is 0.603. The Morgan fingerprint density at radius 1 is 1.27 bits per heavy atom. The van der Waals surface area contributed by atoms with E-state index < -0.39 is 0 Å². The molecule has 2 aromatic rings. The number of rotatable bonds is 6. The average molecular weight is 319 g/mol. The Morgan fingerprint density at radius 2 is 2.05 bits per heavy atom. The molecule has 0 saturated heterocycles. The molecule has 0 aliphatic carbocycles. The number of halogens is 1. The van der Waals surface area contributed by atoms with Crippen molar-refractivity contribution in [2.75, 3.05) is 17.7 Å². The molecule has 0 aliphatic heterocycles. The molecule has 2 aromatic carbocycles. The summed E-state index contributed by atoms with van der Waals surface area (Å²) in [4.78, 5) is 11.9. The van der Waals surface area contributed by atoms with Crippen molar-refractivity contribution in [3.63, 3.8) is 0 Å². The minimum absolute atomic E-state index is 0.0462. The van der Waals surface area contributed by atoms with Crippen molar-refractivity contribution < 1.29 is 9.53 Å². The molecule has 0 unspecified atom stereocenters. The number of carbonyl (C=O) groups excluding carboxylic acids is 1. The number of hydrogen-bond donors (Lipinski definition) is 2. The Kier molecular flexibility index (Phi) is 5.67. The van der Waals surface area contributed by atoms with E-state index in [2.05, 4.69) is 5.32 Å². The molecule has 1 amide bonds. The summed E-state index contributed by atoms with van der Waals surface area (Å²) in [7, 11) is 0. The first kappa shape index (κ1) is 16.2. The fraction of sp³-hybridized carbons (Fsp3) is 0.235. The van der Waals surface area contributed by atoms with Crippen LogP contribution < -0.4 is 15.8 Å². The third kappa shape index (κ3) is 4.67. The number of aryl methyl sites for hydroxylation is 1. The van der Waals surface area contributed by atoms with Gasteiger partial charge in [0.05, 0.1) is 12.3 Å². The molecule has 0 aromatic heterocycles. The highest BCUT2D eigenvalue weighted by Crippen LogP contribution is 2.21. The lowest BCUT2D eigenvalue weighted by Crippen LogP contribution is -2.13. The van der Waals surface area contributed by atoms with Crippen LogP contribution in [0, 0.1) is 6.92 Å². The number of carbonyl (C=O) groups is 1. The minimum Gasteiger partial charge on any atom is -0.491 e. The molecule has 0 saturated carbocycles. The van der Waals surface area contributed by atoms with E-state index in [4.69, 9.17) is 22.1 Å². The highest BCUT2D eigenvalue weighted by atomic mass is 35.5. The smallest absolute Gasteiger partial charge is 0.224 e. The number of anilines is 2. The van der Waals surface area contributed by atoms with Crippen molar-refractivity contribution in [2.24, 2.45) is 0 Å². The van der Waals surface area contributed by atoms with Crippen LogP contribution in [0.5, 0.6) is 5.75 Å². The molecule has 0 spiro atoms. The largest absolute Gasteiger partial charge is 0.491 e. The molecule has 2 rings (SSSR count). The molecule has 5 heteroatoms. The Morgan fingerprint density at radius 3 is 2.77 bits per heavy atom. The van der Waals surface area contributed by atoms with Gasteiger partial charge in [-0.05, 0) is 49.2 Å². The van der Waals surface area contributed by atoms with Crippen LogP contribution in [0.4, 0.5) is 11.4 Å². The number of para-hydroxylation sites is 2. The number of hydrogen-bond acceptors (Lipinski definition) is 3. The second kappa shape index (κ2) is 7.71. The molecule has 0 aliphatic rings.